The molecular formula is C16H14Cl2O2. The molecule has 1 unspecified atom stereocenters. The molecule has 0 spiro atoms. The molecule has 0 heterocycles. The van der Waals surface area contributed by atoms with Crippen LogP contribution in [-0.2, 0) is 0 Å². The molecule has 0 bridgehead atoms. The van der Waals surface area contributed by atoms with E-state index in [0.717, 1.165) is 0 Å². The number of hydrogen-bond donors (Lipinski definition) is 0. The summed E-state index contributed by atoms with van der Waals surface area (Å²) in [4.78, 5) is 12.4. The third kappa shape index (κ3) is 3.53. The minimum atomic E-state index is -0.559. The van der Waals surface area contributed by atoms with Gasteiger partial charge in [-0.1, -0.05) is 60.5 Å². The summed E-state index contributed by atoms with van der Waals surface area (Å²) < 4.78 is 5.73. The molecule has 2 aromatic rings. The van der Waals surface area contributed by atoms with E-state index in [1.54, 1.807) is 30.3 Å². The van der Waals surface area contributed by atoms with Crippen LogP contribution in [0.2, 0.25) is 10.0 Å². The van der Waals surface area contributed by atoms with Gasteiger partial charge in [-0.15, -0.1) is 0 Å². The first-order valence-electron chi connectivity index (χ1n) is 6.32. The average molecular weight is 309 g/mol. The molecule has 2 nitrogen and oxygen atoms in total. The molecule has 0 aliphatic heterocycles. The highest BCUT2D eigenvalue weighted by Crippen LogP contribution is 2.29. The highest BCUT2D eigenvalue weighted by atomic mass is 35.5. The maximum Gasteiger partial charge on any atom is 0.203 e. The standard InChI is InChI=1S/C16H14Cl2O2/c1-2-14(16(19)11-6-4-3-5-7-11)20-15-9-8-12(17)10-13(15)18/h3-10,14H,2H2,1H3. The van der Waals surface area contributed by atoms with Crippen molar-refractivity contribution in [3.05, 3.63) is 64.1 Å². The predicted octanol–water partition coefficient (Wildman–Crippen LogP) is 5.03. The Morgan fingerprint density at radius 1 is 1.15 bits per heavy atom. The molecule has 104 valence electrons. The minimum Gasteiger partial charge on any atom is -0.481 e. The predicted molar refractivity (Wildman–Crippen MR) is 81.9 cm³/mol. The molecular weight excluding hydrogens is 295 g/mol. The van der Waals surface area contributed by atoms with Crippen LogP contribution >= 0.6 is 23.2 Å². The van der Waals surface area contributed by atoms with E-state index in [4.69, 9.17) is 27.9 Å². The molecule has 0 saturated heterocycles. The summed E-state index contributed by atoms with van der Waals surface area (Å²) in [6.45, 7) is 1.90. The summed E-state index contributed by atoms with van der Waals surface area (Å²) in [5.74, 6) is 0.409. The molecule has 1 atom stereocenters. The lowest BCUT2D eigenvalue weighted by molar-refractivity contribution is 0.0787. The lowest BCUT2D eigenvalue weighted by atomic mass is 10.0. The zero-order chi connectivity index (χ0) is 14.5. The van der Waals surface area contributed by atoms with Gasteiger partial charge in [0, 0.05) is 10.6 Å². The third-order valence-electron chi connectivity index (χ3n) is 2.88. The second kappa shape index (κ2) is 6.78. The topological polar surface area (TPSA) is 26.3 Å². The number of carbonyl (C=O) groups excluding carboxylic acids is 1. The van der Waals surface area contributed by atoms with Crippen molar-refractivity contribution in [2.24, 2.45) is 0 Å². The van der Waals surface area contributed by atoms with Gasteiger partial charge in [-0.2, -0.15) is 0 Å². The van der Waals surface area contributed by atoms with Crippen LogP contribution in [0, 0.1) is 0 Å². The summed E-state index contributed by atoms with van der Waals surface area (Å²) in [6.07, 6.45) is 0.00300. The summed E-state index contributed by atoms with van der Waals surface area (Å²) in [6, 6.07) is 14.0. The van der Waals surface area contributed by atoms with E-state index in [1.165, 1.54) is 0 Å². The number of Topliss-reactive ketones (excluding diaryl/α,β-unsaturated/α-hetero) is 1. The third-order valence-corrected chi connectivity index (χ3v) is 3.42. The Kier molecular flexibility index (Phi) is 5.05. The molecule has 0 aliphatic carbocycles. The number of hydrogen-bond acceptors (Lipinski definition) is 2. The number of benzene rings is 2. The number of carbonyl (C=O) groups is 1. The van der Waals surface area contributed by atoms with E-state index in [-0.39, 0.29) is 5.78 Å². The molecule has 0 saturated carbocycles. The summed E-state index contributed by atoms with van der Waals surface area (Å²) in [5, 5.41) is 0.932. The van der Waals surface area contributed by atoms with E-state index >= 15 is 0 Å². The van der Waals surface area contributed by atoms with Crippen molar-refractivity contribution in [3.63, 3.8) is 0 Å². The smallest absolute Gasteiger partial charge is 0.203 e. The van der Waals surface area contributed by atoms with Crippen LogP contribution in [0.15, 0.2) is 48.5 Å². The lowest BCUT2D eigenvalue weighted by Gasteiger charge is -2.17. The van der Waals surface area contributed by atoms with Crippen molar-refractivity contribution >= 4 is 29.0 Å². The molecule has 0 N–H and O–H groups in total. The van der Waals surface area contributed by atoms with Gasteiger partial charge in [-0.05, 0) is 24.6 Å². The van der Waals surface area contributed by atoms with Gasteiger partial charge < -0.3 is 4.74 Å². The Hall–Kier alpha value is -1.51. The fourth-order valence-corrected chi connectivity index (χ4v) is 2.29. The Balaban J connectivity index is 2.19. The highest BCUT2D eigenvalue weighted by Gasteiger charge is 2.20. The quantitative estimate of drug-likeness (QED) is 0.724. The highest BCUT2D eigenvalue weighted by molar-refractivity contribution is 6.35. The largest absolute Gasteiger partial charge is 0.481 e. The van der Waals surface area contributed by atoms with Crippen LogP contribution in [0.4, 0.5) is 0 Å². The fourth-order valence-electron chi connectivity index (χ4n) is 1.83. The average Bonchev–Trinajstić information content (AvgIpc) is 2.47. The maximum atomic E-state index is 12.4. The minimum absolute atomic E-state index is 0.0564. The molecule has 2 rings (SSSR count). The molecule has 0 aliphatic rings. The lowest BCUT2D eigenvalue weighted by Crippen LogP contribution is -2.26. The molecule has 0 aromatic heterocycles. The Morgan fingerprint density at radius 2 is 1.85 bits per heavy atom. The van der Waals surface area contributed by atoms with Gasteiger partial charge in [-0.3, -0.25) is 4.79 Å². The van der Waals surface area contributed by atoms with Crippen molar-refractivity contribution in [2.75, 3.05) is 0 Å². The fraction of sp³-hybridized carbons (Fsp3) is 0.188. The maximum absolute atomic E-state index is 12.4. The van der Waals surface area contributed by atoms with Crippen LogP contribution in [-0.4, -0.2) is 11.9 Å². The second-order valence-corrected chi connectivity index (χ2v) is 5.16. The van der Waals surface area contributed by atoms with Crippen molar-refractivity contribution in [1.82, 2.24) is 0 Å². The van der Waals surface area contributed by atoms with E-state index in [0.29, 0.717) is 27.8 Å². The molecule has 0 radical (unpaired) electrons. The molecule has 4 heteroatoms. The zero-order valence-electron chi connectivity index (χ0n) is 11.0. The number of halogens is 2. The molecule has 0 amide bonds. The molecule has 2 aromatic carbocycles. The first kappa shape index (κ1) is 14.9. The van der Waals surface area contributed by atoms with Crippen LogP contribution in [0.5, 0.6) is 5.75 Å². The van der Waals surface area contributed by atoms with Gasteiger partial charge in [0.05, 0.1) is 5.02 Å². The van der Waals surface area contributed by atoms with Gasteiger partial charge in [0.25, 0.3) is 0 Å². The zero-order valence-corrected chi connectivity index (χ0v) is 12.5. The van der Waals surface area contributed by atoms with Crippen LogP contribution < -0.4 is 4.74 Å². The number of ketones is 1. The number of ether oxygens (including phenoxy) is 1. The van der Waals surface area contributed by atoms with E-state index in [2.05, 4.69) is 0 Å². The van der Waals surface area contributed by atoms with E-state index in [9.17, 15) is 4.79 Å². The van der Waals surface area contributed by atoms with Crippen molar-refractivity contribution in [2.45, 2.75) is 19.4 Å². The summed E-state index contributed by atoms with van der Waals surface area (Å²) in [5.41, 5.74) is 0.629. The molecule has 0 fully saturated rings. The van der Waals surface area contributed by atoms with Crippen LogP contribution in [0.1, 0.15) is 23.7 Å². The van der Waals surface area contributed by atoms with Crippen molar-refractivity contribution in [3.8, 4) is 5.75 Å². The SMILES string of the molecule is CCC(Oc1ccc(Cl)cc1Cl)C(=O)c1ccccc1. The number of rotatable bonds is 5. The van der Waals surface area contributed by atoms with Gasteiger partial charge >= 0.3 is 0 Å². The Labute approximate surface area is 128 Å². The summed E-state index contributed by atoms with van der Waals surface area (Å²) in [7, 11) is 0. The van der Waals surface area contributed by atoms with Crippen LogP contribution in [0.25, 0.3) is 0 Å². The monoisotopic (exact) mass is 308 g/mol. The van der Waals surface area contributed by atoms with E-state index in [1.807, 2.05) is 25.1 Å². The van der Waals surface area contributed by atoms with Crippen molar-refractivity contribution in [1.29, 1.82) is 0 Å². The van der Waals surface area contributed by atoms with Gasteiger partial charge in [0.1, 0.15) is 5.75 Å². The Bertz CT molecular complexity index is 597. The van der Waals surface area contributed by atoms with Crippen LogP contribution in [0.3, 0.4) is 0 Å². The normalized spacial score (nSPS) is 11.9. The summed E-state index contributed by atoms with van der Waals surface area (Å²) >= 11 is 11.9. The van der Waals surface area contributed by atoms with Gasteiger partial charge in [-0.25, -0.2) is 0 Å². The van der Waals surface area contributed by atoms with Crippen molar-refractivity contribution < 1.29 is 9.53 Å². The van der Waals surface area contributed by atoms with Gasteiger partial charge in [0.15, 0.2) is 6.10 Å². The second-order valence-electron chi connectivity index (χ2n) is 4.32. The molecule has 20 heavy (non-hydrogen) atoms. The van der Waals surface area contributed by atoms with E-state index < -0.39 is 6.10 Å². The first-order chi connectivity index (χ1) is 9.61. The van der Waals surface area contributed by atoms with Gasteiger partial charge in [0.2, 0.25) is 5.78 Å². The Morgan fingerprint density at radius 3 is 2.45 bits per heavy atom. The first-order valence-corrected chi connectivity index (χ1v) is 7.08.